The normalized spacial score (nSPS) is 10.7. The SMILES string of the molecule is CO/N=C/c1cc(N)c(Cl)cc1Cl. The topological polar surface area (TPSA) is 47.6 Å². The minimum absolute atomic E-state index is 0.430. The van der Waals surface area contributed by atoms with Crippen molar-refractivity contribution in [3.63, 3.8) is 0 Å². The van der Waals surface area contributed by atoms with E-state index >= 15 is 0 Å². The van der Waals surface area contributed by atoms with E-state index < -0.39 is 0 Å². The third kappa shape index (κ3) is 2.50. The van der Waals surface area contributed by atoms with Gasteiger partial charge < -0.3 is 10.6 Å². The van der Waals surface area contributed by atoms with Gasteiger partial charge in [-0.25, -0.2) is 0 Å². The molecule has 0 fully saturated rings. The van der Waals surface area contributed by atoms with E-state index in [1.807, 2.05) is 0 Å². The Bertz CT molecular complexity index is 339. The number of benzene rings is 1. The summed E-state index contributed by atoms with van der Waals surface area (Å²) in [7, 11) is 1.45. The van der Waals surface area contributed by atoms with Crippen LogP contribution in [0.4, 0.5) is 5.69 Å². The number of hydrogen-bond acceptors (Lipinski definition) is 3. The highest BCUT2D eigenvalue weighted by Crippen LogP contribution is 2.25. The van der Waals surface area contributed by atoms with Crippen molar-refractivity contribution in [2.45, 2.75) is 0 Å². The molecule has 0 radical (unpaired) electrons. The highest BCUT2D eigenvalue weighted by Gasteiger charge is 2.02. The number of oxime groups is 1. The second-order valence-electron chi connectivity index (χ2n) is 2.31. The van der Waals surface area contributed by atoms with E-state index in [-0.39, 0.29) is 0 Å². The van der Waals surface area contributed by atoms with E-state index in [4.69, 9.17) is 28.9 Å². The zero-order valence-corrected chi connectivity index (χ0v) is 8.43. The number of nitrogen functional groups attached to an aromatic ring is 1. The van der Waals surface area contributed by atoms with Crippen LogP contribution in [-0.4, -0.2) is 13.3 Å². The van der Waals surface area contributed by atoms with Gasteiger partial charge in [0, 0.05) is 5.56 Å². The molecule has 0 heterocycles. The highest BCUT2D eigenvalue weighted by atomic mass is 35.5. The first-order valence-corrected chi connectivity index (χ1v) is 4.21. The van der Waals surface area contributed by atoms with Gasteiger partial charge in [-0.15, -0.1) is 0 Å². The Morgan fingerprint density at radius 2 is 2.08 bits per heavy atom. The van der Waals surface area contributed by atoms with E-state index in [1.54, 1.807) is 12.1 Å². The minimum Gasteiger partial charge on any atom is -0.399 e. The average molecular weight is 219 g/mol. The maximum atomic E-state index is 5.85. The summed E-state index contributed by atoms with van der Waals surface area (Å²) in [6, 6.07) is 3.20. The molecule has 1 rings (SSSR count). The van der Waals surface area contributed by atoms with Crippen LogP contribution in [0.5, 0.6) is 0 Å². The number of rotatable bonds is 2. The van der Waals surface area contributed by atoms with E-state index in [9.17, 15) is 0 Å². The molecule has 0 amide bonds. The molecule has 5 heteroatoms. The van der Waals surface area contributed by atoms with Gasteiger partial charge in [0.1, 0.15) is 7.11 Å². The van der Waals surface area contributed by atoms with Crippen LogP contribution in [0.15, 0.2) is 17.3 Å². The van der Waals surface area contributed by atoms with Gasteiger partial charge in [0.2, 0.25) is 0 Å². The van der Waals surface area contributed by atoms with Crippen LogP contribution in [-0.2, 0) is 4.84 Å². The molecule has 3 nitrogen and oxygen atoms in total. The number of nitrogens with zero attached hydrogens (tertiary/aromatic N) is 1. The van der Waals surface area contributed by atoms with Crippen molar-refractivity contribution in [3.8, 4) is 0 Å². The summed E-state index contributed by atoms with van der Waals surface area (Å²) in [6.07, 6.45) is 1.47. The molecule has 0 atom stereocenters. The lowest BCUT2D eigenvalue weighted by Gasteiger charge is -2.01. The summed E-state index contributed by atoms with van der Waals surface area (Å²) >= 11 is 11.6. The summed E-state index contributed by atoms with van der Waals surface area (Å²) in [5.74, 6) is 0. The first-order valence-electron chi connectivity index (χ1n) is 3.46. The van der Waals surface area contributed by atoms with Crippen molar-refractivity contribution in [3.05, 3.63) is 27.7 Å². The molecule has 0 aliphatic heterocycles. The van der Waals surface area contributed by atoms with Gasteiger partial charge in [-0.2, -0.15) is 0 Å². The van der Waals surface area contributed by atoms with Crippen LogP contribution in [0.25, 0.3) is 0 Å². The van der Waals surface area contributed by atoms with Crippen molar-refractivity contribution in [2.24, 2.45) is 5.16 Å². The maximum Gasteiger partial charge on any atom is 0.106 e. The van der Waals surface area contributed by atoms with Gasteiger partial charge >= 0.3 is 0 Å². The molecule has 13 heavy (non-hydrogen) atoms. The lowest BCUT2D eigenvalue weighted by molar-refractivity contribution is 0.215. The Morgan fingerprint density at radius 3 is 2.69 bits per heavy atom. The third-order valence-electron chi connectivity index (χ3n) is 1.41. The molecule has 1 aromatic rings. The monoisotopic (exact) mass is 218 g/mol. The molecule has 70 valence electrons. The van der Waals surface area contributed by atoms with Crippen LogP contribution >= 0.6 is 23.2 Å². The molecule has 0 saturated carbocycles. The van der Waals surface area contributed by atoms with E-state index in [2.05, 4.69) is 9.99 Å². The zero-order chi connectivity index (χ0) is 9.84. The molecule has 0 aromatic heterocycles. The molecule has 0 bridgehead atoms. The molecule has 2 N–H and O–H groups in total. The van der Waals surface area contributed by atoms with Gasteiger partial charge in [-0.3, -0.25) is 0 Å². The molecule has 0 aliphatic rings. The molecular formula is C8H8Cl2N2O. The minimum atomic E-state index is 0.430. The molecule has 0 aliphatic carbocycles. The van der Waals surface area contributed by atoms with Crippen LogP contribution in [0.1, 0.15) is 5.56 Å². The molecule has 0 spiro atoms. The Kier molecular flexibility index (Phi) is 3.39. The number of halogens is 2. The molecule has 0 unspecified atom stereocenters. The van der Waals surface area contributed by atoms with Crippen molar-refractivity contribution in [2.75, 3.05) is 12.8 Å². The third-order valence-corrected chi connectivity index (χ3v) is 2.07. The first-order chi connectivity index (χ1) is 6.15. The lowest BCUT2D eigenvalue weighted by atomic mass is 10.2. The Balaban J connectivity index is 3.08. The standard InChI is InChI=1S/C8H8Cl2N2O/c1-13-12-4-5-2-8(11)7(10)3-6(5)9/h2-4H,11H2,1H3/b12-4+. The summed E-state index contributed by atoms with van der Waals surface area (Å²) < 4.78 is 0. The maximum absolute atomic E-state index is 5.85. The smallest absolute Gasteiger partial charge is 0.106 e. The lowest BCUT2D eigenvalue weighted by Crippen LogP contribution is -1.91. The first kappa shape index (κ1) is 10.2. The van der Waals surface area contributed by atoms with Crippen molar-refractivity contribution in [1.29, 1.82) is 0 Å². The van der Waals surface area contributed by atoms with E-state index in [0.717, 1.165) is 0 Å². The second-order valence-corrected chi connectivity index (χ2v) is 3.13. The van der Waals surface area contributed by atoms with Gasteiger partial charge in [0.25, 0.3) is 0 Å². The van der Waals surface area contributed by atoms with Gasteiger partial charge in [-0.1, -0.05) is 28.4 Å². The number of hydrogen-bond donors (Lipinski definition) is 1. The molecule has 0 saturated heterocycles. The van der Waals surface area contributed by atoms with Crippen LogP contribution in [0.2, 0.25) is 10.0 Å². The quantitative estimate of drug-likeness (QED) is 0.472. The fourth-order valence-corrected chi connectivity index (χ4v) is 1.22. The zero-order valence-electron chi connectivity index (χ0n) is 6.92. The van der Waals surface area contributed by atoms with Crippen LogP contribution in [0.3, 0.4) is 0 Å². The average Bonchev–Trinajstić information content (AvgIpc) is 2.09. The highest BCUT2D eigenvalue weighted by molar-refractivity contribution is 6.37. The molecular weight excluding hydrogens is 211 g/mol. The summed E-state index contributed by atoms with van der Waals surface area (Å²) in [5, 5.41) is 4.48. The largest absolute Gasteiger partial charge is 0.399 e. The molecule has 1 aromatic carbocycles. The Labute approximate surface area is 86.1 Å². The number of anilines is 1. The predicted octanol–water partition coefficient (Wildman–Crippen LogP) is 2.56. The fourth-order valence-electron chi connectivity index (χ4n) is 0.792. The predicted molar refractivity (Wildman–Crippen MR) is 55.5 cm³/mol. The van der Waals surface area contributed by atoms with Gasteiger partial charge in [0.15, 0.2) is 0 Å². The Hall–Kier alpha value is -0.930. The van der Waals surface area contributed by atoms with Crippen molar-refractivity contribution < 1.29 is 4.84 Å². The summed E-state index contributed by atoms with van der Waals surface area (Å²) in [6.45, 7) is 0. The van der Waals surface area contributed by atoms with Crippen LogP contribution < -0.4 is 5.73 Å². The van der Waals surface area contributed by atoms with Gasteiger partial charge in [-0.05, 0) is 12.1 Å². The Morgan fingerprint density at radius 1 is 1.38 bits per heavy atom. The van der Waals surface area contributed by atoms with Crippen molar-refractivity contribution >= 4 is 35.1 Å². The fraction of sp³-hybridized carbons (Fsp3) is 0.125. The number of nitrogens with two attached hydrogens (primary N) is 1. The van der Waals surface area contributed by atoms with E-state index in [1.165, 1.54) is 13.3 Å². The second kappa shape index (κ2) is 4.35. The summed E-state index contributed by atoms with van der Waals surface area (Å²) in [5.41, 5.74) is 6.70. The van der Waals surface area contributed by atoms with Gasteiger partial charge in [0.05, 0.1) is 21.9 Å². The van der Waals surface area contributed by atoms with Crippen molar-refractivity contribution in [1.82, 2.24) is 0 Å². The van der Waals surface area contributed by atoms with Crippen LogP contribution in [0, 0.1) is 0 Å². The summed E-state index contributed by atoms with van der Waals surface area (Å²) in [4.78, 5) is 4.51. The van der Waals surface area contributed by atoms with E-state index in [0.29, 0.717) is 21.3 Å².